The van der Waals surface area contributed by atoms with Gasteiger partial charge in [-0.1, -0.05) is 11.6 Å². The van der Waals surface area contributed by atoms with Crippen LogP contribution in [0.25, 0.3) is 0 Å². The molecule has 1 aromatic carbocycles. The molecule has 0 unspecified atom stereocenters. The molecular weight excluding hydrogens is 339 g/mol. The van der Waals surface area contributed by atoms with Crippen molar-refractivity contribution >= 4 is 23.6 Å². The van der Waals surface area contributed by atoms with E-state index in [4.69, 9.17) is 21.4 Å². The molecule has 0 heterocycles. The summed E-state index contributed by atoms with van der Waals surface area (Å²) in [4.78, 5) is 24.4. The number of benzene rings is 1. The van der Waals surface area contributed by atoms with E-state index in [1.165, 1.54) is 12.1 Å². The predicted molar refractivity (Wildman–Crippen MR) is 86.9 cm³/mol. The zero-order chi connectivity index (χ0) is 17.7. The zero-order valence-corrected chi connectivity index (χ0v) is 14.1. The Bertz CT molecular complexity index is 606. The average molecular weight is 359 g/mol. The van der Waals surface area contributed by atoms with Crippen molar-refractivity contribution in [2.24, 2.45) is 0 Å². The van der Waals surface area contributed by atoms with E-state index in [2.05, 4.69) is 5.32 Å². The monoisotopic (exact) mass is 358 g/mol. The van der Waals surface area contributed by atoms with Gasteiger partial charge in [0.05, 0.1) is 5.02 Å². The molecular formula is C16H20ClFN2O4. The zero-order valence-electron chi connectivity index (χ0n) is 13.3. The van der Waals surface area contributed by atoms with E-state index in [1.807, 2.05) is 0 Å². The Morgan fingerprint density at radius 3 is 2.62 bits per heavy atom. The molecule has 2 amide bonds. The molecule has 1 saturated carbocycles. The number of carboxylic acid groups (broad SMARTS) is 1. The normalized spacial score (nSPS) is 20.3. The van der Waals surface area contributed by atoms with Crippen LogP contribution in [0, 0.1) is 5.82 Å². The van der Waals surface area contributed by atoms with Gasteiger partial charge >= 0.3 is 6.09 Å². The summed E-state index contributed by atoms with van der Waals surface area (Å²) >= 11 is 5.59. The highest BCUT2D eigenvalue weighted by molar-refractivity contribution is 6.30. The van der Waals surface area contributed by atoms with Crippen LogP contribution in [0.3, 0.4) is 0 Å². The third-order valence-electron chi connectivity index (χ3n) is 4.22. The topological polar surface area (TPSA) is 78.9 Å². The molecule has 0 saturated heterocycles. The molecule has 0 spiro atoms. The van der Waals surface area contributed by atoms with Crippen LogP contribution < -0.4 is 10.1 Å². The van der Waals surface area contributed by atoms with Gasteiger partial charge in [0.15, 0.2) is 6.61 Å². The summed E-state index contributed by atoms with van der Waals surface area (Å²) in [5, 5.41) is 11.2. The number of nitrogens with one attached hydrogen (secondary N) is 1. The highest BCUT2D eigenvalue weighted by Crippen LogP contribution is 2.23. The van der Waals surface area contributed by atoms with Gasteiger partial charge < -0.3 is 20.1 Å². The first-order valence-electron chi connectivity index (χ1n) is 7.69. The van der Waals surface area contributed by atoms with E-state index in [1.54, 1.807) is 11.9 Å². The molecule has 0 bridgehead atoms. The summed E-state index contributed by atoms with van der Waals surface area (Å²) in [5.74, 6) is -0.563. The van der Waals surface area contributed by atoms with Gasteiger partial charge in [0.2, 0.25) is 0 Å². The Kier molecular flexibility index (Phi) is 6.25. The number of halogens is 2. The highest BCUT2D eigenvalue weighted by Gasteiger charge is 2.27. The van der Waals surface area contributed by atoms with Crippen LogP contribution in [0.5, 0.6) is 5.75 Å². The van der Waals surface area contributed by atoms with E-state index in [0.717, 1.165) is 18.9 Å². The quantitative estimate of drug-likeness (QED) is 0.848. The van der Waals surface area contributed by atoms with E-state index < -0.39 is 11.9 Å². The predicted octanol–water partition coefficient (Wildman–Crippen LogP) is 2.90. The first-order valence-corrected chi connectivity index (χ1v) is 8.07. The lowest BCUT2D eigenvalue weighted by atomic mass is 9.90. The molecule has 0 aliphatic heterocycles. The molecule has 1 fully saturated rings. The minimum absolute atomic E-state index is 0.00229. The number of hydrogen-bond acceptors (Lipinski definition) is 3. The number of ether oxygens (including phenoxy) is 1. The second-order valence-corrected chi connectivity index (χ2v) is 6.23. The molecule has 24 heavy (non-hydrogen) atoms. The summed E-state index contributed by atoms with van der Waals surface area (Å²) < 4.78 is 18.6. The van der Waals surface area contributed by atoms with Crippen molar-refractivity contribution in [1.82, 2.24) is 10.2 Å². The van der Waals surface area contributed by atoms with Crippen molar-refractivity contribution in [3.8, 4) is 5.75 Å². The second-order valence-electron chi connectivity index (χ2n) is 5.82. The third-order valence-corrected chi connectivity index (χ3v) is 4.53. The number of nitrogens with zero attached hydrogens (tertiary/aromatic N) is 1. The third kappa shape index (κ3) is 4.99. The fraction of sp³-hybridized carbons (Fsp3) is 0.500. The van der Waals surface area contributed by atoms with Crippen molar-refractivity contribution < 1.29 is 23.8 Å². The van der Waals surface area contributed by atoms with Crippen molar-refractivity contribution in [3.63, 3.8) is 0 Å². The van der Waals surface area contributed by atoms with E-state index in [9.17, 15) is 14.0 Å². The van der Waals surface area contributed by atoms with Gasteiger partial charge in [0.1, 0.15) is 11.6 Å². The van der Waals surface area contributed by atoms with Crippen LogP contribution in [0.15, 0.2) is 18.2 Å². The number of hydrogen-bond donors (Lipinski definition) is 2. The van der Waals surface area contributed by atoms with Gasteiger partial charge in [-0.25, -0.2) is 9.18 Å². The first-order chi connectivity index (χ1) is 11.4. The molecule has 132 valence electrons. The molecule has 0 radical (unpaired) electrons. The smallest absolute Gasteiger partial charge is 0.404 e. The van der Waals surface area contributed by atoms with Crippen molar-refractivity contribution in [1.29, 1.82) is 0 Å². The summed E-state index contributed by atoms with van der Waals surface area (Å²) in [6.45, 7) is -0.190. The minimum Gasteiger partial charge on any atom is -0.484 e. The van der Waals surface area contributed by atoms with Crippen LogP contribution in [-0.4, -0.2) is 47.7 Å². The Balaban J connectivity index is 1.80. The number of likely N-dealkylation sites (N-methyl/N-ethyl adjacent to an activating group) is 1. The summed E-state index contributed by atoms with van der Waals surface area (Å²) in [5.41, 5.74) is 0. The van der Waals surface area contributed by atoms with Crippen molar-refractivity contribution in [2.45, 2.75) is 37.8 Å². The molecule has 1 aliphatic rings. The average Bonchev–Trinajstić information content (AvgIpc) is 2.55. The Morgan fingerprint density at radius 1 is 1.38 bits per heavy atom. The molecule has 8 heteroatoms. The number of carbonyl (C=O) groups is 2. The lowest BCUT2D eigenvalue weighted by molar-refractivity contribution is -0.134. The van der Waals surface area contributed by atoms with Gasteiger partial charge in [0.25, 0.3) is 5.91 Å². The van der Waals surface area contributed by atoms with E-state index in [0.29, 0.717) is 12.8 Å². The fourth-order valence-electron chi connectivity index (χ4n) is 2.80. The first kappa shape index (κ1) is 18.3. The van der Waals surface area contributed by atoms with Gasteiger partial charge in [0, 0.05) is 25.2 Å². The molecule has 0 atom stereocenters. The lowest BCUT2D eigenvalue weighted by Gasteiger charge is -2.34. The molecule has 0 aromatic heterocycles. The molecule has 2 rings (SSSR count). The minimum atomic E-state index is -1.02. The fourth-order valence-corrected chi connectivity index (χ4v) is 2.92. The summed E-state index contributed by atoms with van der Waals surface area (Å²) in [6, 6.07) is 4.00. The Morgan fingerprint density at radius 2 is 2.04 bits per heavy atom. The second kappa shape index (κ2) is 8.19. The standard InChI is InChI=1S/C16H20ClFN2O4/c1-20(11-4-2-10(3-5-11)19-16(22)23)15(21)9-24-12-6-7-13(17)14(18)8-12/h6-8,10-11,19H,2-5,9H2,1H3,(H,22,23). The van der Waals surface area contributed by atoms with Crippen LogP contribution >= 0.6 is 11.6 Å². The van der Waals surface area contributed by atoms with E-state index in [-0.39, 0.29) is 35.4 Å². The van der Waals surface area contributed by atoms with Crippen LogP contribution in [0.1, 0.15) is 25.7 Å². The molecule has 6 nitrogen and oxygen atoms in total. The number of amides is 2. The maximum Gasteiger partial charge on any atom is 0.404 e. The highest BCUT2D eigenvalue weighted by atomic mass is 35.5. The molecule has 1 aromatic rings. The van der Waals surface area contributed by atoms with Crippen molar-refractivity contribution in [3.05, 3.63) is 29.0 Å². The lowest BCUT2D eigenvalue weighted by Crippen LogP contribution is -2.45. The van der Waals surface area contributed by atoms with Crippen LogP contribution in [0.4, 0.5) is 9.18 Å². The van der Waals surface area contributed by atoms with Gasteiger partial charge in [-0.3, -0.25) is 4.79 Å². The molecule has 1 aliphatic carbocycles. The van der Waals surface area contributed by atoms with Gasteiger partial charge in [-0.2, -0.15) is 0 Å². The maximum atomic E-state index is 13.3. The van der Waals surface area contributed by atoms with Gasteiger partial charge in [-0.05, 0) is 37.8 Å². The number of rotatable bonds is 5. The van der Waals surface area contributed by atoms with Gasteiger partial charge in [-0.15, -0.1) is 0 Å². The Hall–Kier alpha value is -2.02. The SMILES string of the molecule is CN(C(=O)COc1ccc(Cl)c(F)c1)C1CCC(NC(=O)O)CC1. The van der Waals surface area contributed by atoms with Crippen molar-refractivity contribution in [2.75, 3.05) is 13.7 Å². The van der Waals surface area contributed by atoms with Crippen LogP contribution in [-0.2, 0) is 4.79 Å². The maximum absolute atomic E-state index is 13.3. The number of carbonyl (C=O) groups excluding carboxylic acids is 1. The van der Waals surface area contributed by atoms with Crippen LogP contribution in [0.2, 0.25) is 5.02 Å². The largest absolute Gasteiger partial charge is 0.484 e. The Labute approximate surface area is 144 Å². The summed E-state index contributed by atoms with van der Waals surface area (Å²) in [7, 11) is 1.70. The molecule has 2 N–H and O–H groups in total. The van der Waals surface area contributed by atoms with E-state index >= 15 is 0 Å². The summed E-state index contributed by atoms with van der Waals surface area (Å²) in [6.07, 6.45) is 1.81.